The van der Waals surface area contributed by atoms with Gasteiger partial charge in [0.2, 0.25) is 0 Å². The largest absolute Gasteiger partial charge is 0.385 e. The van der Waals surface area contributed by atoms with Crippen molar-refractivity contribution in [3.05, 3.63) is 0 Å². The molecule has 3 nitrogen and oxygen atoms in total. The third kappa shape index (κ3) is 7.98. The van der Waals surface area contributed by atoms with Crippen LogP contribution < -0.4 is 5.32 Å². The predicted octanol–water partition coefficient (Wildman–Crippen LogP) is 1.04. The third-order valence-corrected chi connectivity index (χ3v) is 1.79. The van der Waals surface area contributed by atoms with Crippen LogP contribution in [0.2, 0.25) is 0 Å². The number of rotatable bonds is 8. The summed E-state index contributed by atoms with van der Waals surface area (Å²) in [6.45, 7) is 4.91. The molecule has 74 valence electrons. The number of hydrogen-bond donors (Lipinski definition) is 1. The van der Waals surface area contributed by atoms with E-state index in [1.54, 1.807) is 14.2 Å². The number of ether oxygens (including phenoxy) is 2. The van der Waals surface area contributed by atoms with Gasteiger partial charge >= 0.3 is 0 Å². The van der Waals surface area contributed by atoms with Crippen molar-refractivity contribution >= 4 is 0 Å². The van der Waals surface area contributed by atoms with E-state index >= 15 is 0 Å². The van der Waals surface area contributed by atoms with E-state index in [1.165, 1.54) is 6.42 Å². The molecular weight excluding hydrogens is 154 g/mol. The molecule has 3 heteroatoms. The molecule has 0 unspecified atom stereocenters. The molecule has 0 amide bonds. The average molecular weight is 175 g/mol. The Morgan fingerprint density at radius 2 is 2.00 bits per heavy atom. The zero-order valence-corrected chi connectivity index (χ0v) is 8.43. The standard InChI is InChI=1S/C9H21NO2/c1-9(12-3)8-10-6-4-5-7-11-2/h9-10H,4-8H2,1-3H3/t9-/m0/s1. The number of unbranched alkanes of at least 4 members (excludes halogenated alkanes) is 1. The van der Waals surface area contributed by atoms with Crippen LogP contribution >= 0.6 is 0 Å². The number of nitrogens with one attached hydrogen (secondary N) is 1. The molecule has 0 rings (SSSR count). The summed E-state index contributed by atoms with van der Waals surface area (Å²) in [5, 5.41) is 3.31. The number of methoxy groups -OCH3 is 2. The van der Waals surface area contributed by atoms with Crippen molar-refractivity contribution in [3.63, 3.8) is 0 Å². The lowest BCUT2D eigenvalue weighted by Crippen LogP contribution is -2.26. The highest BCUT2D eigenvalue weighted by Crippen LogP contribution is 1.88. The fourth-order valence-corrected chi connectivity index (χ4v) is 0.885. The molecule has 0 fully saturated rings. The molecule has 0 bridgehead atoms. The van der Waals surface area contributed by atoms with Crippen LogP contribution in [0.15, 0.2) is 0 Å². The van der Waals surface area contributed by atoms with E-state index in [0.29, 0.717) is 6.10 Å². The molecule has 12 heavy (non-hydrogen) atoms. The van der Waals surface area contributed by atoms with E-state index in [1.807, 2.05) is 0 Å². The van der Waals surface area contributed by atoms with Gasteiger partial charge in [0.25, 0.3) is 0 Å². The second-order valence-electron chi connectivity index (χ2n) is 2.95. The molecule has 1 atom stereocenters. The van der Waals surface area contributed by atoms with Crippen LogP contribution in [0.25, 0.3) is 0 Å². The molecule has 0 saturated carbocycles. The zero-order chi connectivity index (χ0) is 9.23. The Balaban J connectivity index is 2.90. The van der Waals surface area contributed by atoms with Gasteiger partial charge in [-0.15, -0.1) is 0 Å². The first-order chi connectivity index (χ1) is 5.81. The van der Waals surface area contributed by atoms with E-state index < -0.39 is 0 Å². The minimum Gasteiger partial charge on any atom is -0.385 e. The summed E-state index contributed by atoms with van der Waals surface area (Å²) in [7, 11) is 3.47. The van der Waals surface area contributed by atoms with Gasteiger partial charge in [-0.25, -0.2) is 0 Å². The summed E-state index contributed by atoms with van der Waals surface area (Å²) < 4.78 is 10.0. The van der Waals surface area contributed by atoms with Gasteiger partial charge in [-0.2, -0.15) is 0 Å². The number of hydrogen-bond acceptors (Lipinski definition) is 3. The average Bonchev–Trinajstić information content (AvgIpc) is 2.10. The Morgan fingerprint density at radius 3 is 2.58 bits per heavy atom. The maximum atomic E-state index is 5.09. The molecule has 0 spiro atoms. The Bertz CT molecular complexity index is 88.6. The summed E-state index contributed by atoms with van der Waals surface area (Å²) in [6.07, 6.45) is 2.61. The molecule has 0 heterocycles. The molecule has 0 aromatic rings. The molecular formula is C9H21NO2. The van der Waals surface area contributed by atoms with Crippen molar-refractivity contribution in [3.8, 4) is 0 Å². The fourth-order valence-electron chi connectivity index (χ4n) is 0.885. The van der Waals surface area contributed by atoms with Crippen LogP contribution in [0, 0.1) is 0 Å². The fraction of sp³-hybridized carbons (Fsp3) is 1.00. The smallest absolute Gasteiger partial charge is 0.0667 e. The predicted molar refractivity (Wildman–Crippen MR) is 50.5 cm³/mol. The molecule has 0 saturated heterocycles. The van der Waals surface area contributed by atoms with Gasteiger partial charge in [0.05, 0.1) is 6.10 Å². The van der Waals surface area contributed by atoms with Gasteiger partial charge in [0.1, 0.15) is 0 Å². The topological polar surface area (TPSA) is 30.5 Å². The van der Waals surface area contributed by atoms with E-state index in [0.717, 1.165) is 26.1 Å². The maximum absolute atomic E-state index is 5.09. The second-order valence-corrected chi connectivity index (χ2v) is 2.95. The summed E-state index contributed by atoms with van der Waals surface area (Å²) >= 11 is 0. The lowest BCUT2D eigenvalue weighted by atomic mass is 10.3. The van der Waals surface area contributed by atoms with Crippen molar-refractivity contribution in [1.82, 2.24) is 5.32 Å². The van der Waals surface area contributed by atoms with Crippen molar-refractivity contribution in [2.45, 2.75) is 25.9 Å². The molecule has 0 aliphatic heterocycles. The molecule has 1 N–H and O–H groups in total. The van der Waals surface area contributed by atoms with E-state index in [-0.39, 0.29) is 0 Å². The third-order valence-electron chi connectivity index (χ3n) is 1.79. The molecule has 0 aliphatic rings. The maximum Gasteiger partial charge on any atom is 0.0667 e. The summed E-state index contributed by atoms with van der Waals surface area (Å²) in [6, 6.07) is 0. The lowest BCUT2D eigenvalue weighted by molar-refractivity contribution is 0.117. The van der Waals surface area contributed by atoms with Crippen molar-refractivity contribution in [2.24, 2.45) is 0 Å². The van der Waals surface area contributed by atoms with Gasteiger partial charge in [-0.1, -0.05) is 0 Å². The van der Waals surface area contributed by atoms with Gasteiger partial charge < -0.3 is 14.8 Å². The minimum absolute atomic E-state index is 0.312. The quantitative estimate of drug-likeness (QED) is 0.559. The molecule has 0 aliphatic carbocycles. The van der Waals surface area contributed by atoms with Crippen LogP contribution in [0.3, 0.4) is 0 Å². The van der Waals surface area contributed by atoms with Crippen molar-refractivity contribution in [2.75, 3.05) is 33.9 Å². The van der Waals surface area contributed by atoms with E-state index in [2.05, 4.69) is 12.2 Å². The molecule has 0 aromatic carbocycles. The van der Waals surface area contributed by atoms with Gasteiger partial charge in [-0.05, 0) is 26.3 Å². The summed E-state index contributed by atoms with van der Waals surface area (Å²) in [4.78, 5) is 0. The Labute approximate surface area is 75.4 Å². The Kier molecular flexibility index (Phi) is 8.88. The van der Waals surface area contributed by atoms with Crippen molar-refractivity contribution < 1.29 is 9.47 Å². The second kappa shape index (κ2) is 8.97. The highest BCUT2D eigenvalue weighted by Gasteiger charge is 1.96. The first kappa shape index (κ1) is 11.9. The first-order valence-electron chi connectivity index (χ1n) is 4.53. The van der Waals surface area contributed by atoms with Crippen LogP contribution in [-0.2, 0) is 9.47 Å². The van der Waals surface area contributed by atoms with Gasteiger partial charge in [-0.3, -0.25) is 0 Å². The van der Waals surface area contributed by atoms with Crippen LogP contribution in [0.4, 0.5) is 0 Å². The normalized spacial score (nSPS) is 13.2. The van der Waals surface area contributed by atoms with Gasteiger partial charge in [0.15, 0.2) is 0 Å². The van der Waals surface area contributed by atoms with Crippen LogP contribution in [0.1, 0.15) is 19.8 Å². The molecule has 0 radical (unpaired) electrons. The summed E-state index contributed by atoms with van der Waals surface area (Å²) in [5.74, 6) is 0. The first-order valence-corrected chi connectivity index (χ1v) is 4.53. The monoisotopic (exact) mass is 175 g/mol. The minimum atomic E-state index is 0.312. The lowest BCUT2D eigenvalue weighted by Gasteiger charge is -2.10. The summed E-state index contributed by atoms with van der Waals surface area (Å²) in [5.41, 5.74) is 0. The van der Waals surface area contributed by atoms with E-state index in [9.17, 15) is 0 Å². The van der Waals surface area contributed by atoms with Gasteiger partial charge in [0, 0.05) is 27.4 Å². The Hall–Kier alpha value is -0.120. The van der Waals surface area contributed by atoms with Crippen LogP contribution in [0.5, 0.6) is 0 Å². The van der Waals surface area contributed by atoms with Crippen LogP contribution in [-0.4, -0.2) is 40.0 Å². The highest BCUT2D eigenvalue weighted by atomic mass is 16.5. The highest BCUT2D eigenvalue weighted by molar-refractivity contribution is 4.54. The molecule has 0 aromatic heterocycles. The van der Waals surface area contributed by atoms with E-state index in [4.69, 9.17) is 9.47 Å². The van der Waals surface area contributed by atoms with Crippen molar-refractivity contribution in [1.29, 1.82) is 0 Å². The zero-order valence-electron chi connectivity index (χ0n) is 8.43. The Morgan fingerprint density at radius 1 is 1.25 bits per heavy atom. The SMILES string of the molecule is COCCCCNC[C@H](C)OC.